The van der Waals surface area contributed by atoms with Crippen molar-refractivity contribution in [2.24, 2.45) is 0 Å². The number of carbonyl (C=O) groups is 1. The van der Waals surface area contributed by atoms with Crippen LogP contribution in [0.2, 0.25) is 0 Å². The number of benzene rings is 2. The van der Waals surface area contributed by atoms with Gasteiger partial charge in [0.2, 0.25) is 0 Å². The predicted molar refractivity (Wildman–Crippen MR) is 98.4 cm³/mol. The fourth-order valence-corrected chi connectivity index (χ4v) is 2.94. The molecule has 3 aromatic rings. The molecule has 0 bridgehead atoms. The van der Waals surface area contributed by atoms with Crippen molar-refractivity contribution in [3.63, 3.8) is 0 Å². The smallest absolute Gasteiger partial charge is 0.336 e. The first kappa shape index (κ1) is 18.6. The molecule has 0 amide bonds. The molecule has 1 heterocycles. The summed E-state index contributed by atoms with van der Waals surface area (Å²) in [7, 11) is 1.72. The van der Waals surface area contributed by atoms with Crippen molar-refractivity contribution in [1.82, 2.24) is 0 Å². The van der Waals surface area contributed by atoms with Crippen molar-refractivity contribution >= 4 is 22.6 Å². The molecule has 0 saturated heterocycles. The SMILES string of the molecule is CN(CCC(=O)O)c1ccc2c(-c3ccccc3C(F)F)cc(=O)oc2c1. The number of nitrogens with zero attached hydrogens (tertiary/aromatic N) is 1. The minimum atomic E-state index is -2.68. The van der Waals surface area contributed by atoms with Crippen LogP contribution in [0.3, 0.4) is 0 Å². The number of carboxylic acid groups (broad SMARTS) is 1. The molecular formula is C20H17F2NO4. The third-order valence-electron chi connectivity index (χ3n) is 4.32. The van der Waals surface area contributed by atoms with E-state index in [9.17, 15) is 18.4 Å². The van der Waals surface area contributed by atoms with Crippen LogP contribution in [0, 0.1) is 0 Å². The van der Waals surface area contributed by atoms with Gasteiger partial charge in [0.1, 0.15) is 5.58 Å². The van der Waals surface area contributed by atoms with Crippen LogP contribution in [0.5, 0.6) is 0 Å². The van der Waals surface area contributed by atoms with Crippen molar-refractivity contribution in [1.29, 1.82) is 0 Å². The Bertz CT molecular complexity index is 1050. The van der Waals surface area contributed by atoms with Gasteiger partial charge in [0, 0.05) is 47.9 Å². The predicted octanol–water partition coefficient (Wildman–Crippen LogP) is 4.31. The van der Waals surface area contributed by atoms with Gasteiger partial charge in [0.15, 0.2) is 0 Å². The highest BCUT2D eigenvalue weighted by atomic mass is 19.3. The molecule has 1 N–H and O–H groups in total. The molecule has 0 saturated carbocycles. The monoisotopic (exact) mass is 373 g/mol. The van der Waals surface area contributed by atoms with Gasteiger partial charge in [-0.15, -0.1) is 0 Å². The number of halogens is 2. The van der Waals surface area contributed by atoms with E-state index in [4.69, 9.17) is 9.52 Å². The number of hydrogen-bond acceptors (Lipinski definition) is 4. The summed E-state index contributed by atoms with van der Waals surface area (Å²) >= 11 is 0. The van der Waals surface area contributed by atoms with Gasteiger partial charge in [0.25, 0.3) is 6.43 Å². The lowest BCUT2D eigenvalue weighted by molar-refractivity contribution is -0.136. The molecule has 27 heavy (non-hydrogen) atoms. The van der Waals surface area contributed by atoms with Gasteiger partial charge in [-0.1, -0.05) is 24.3 Å². The van der Waals surface area contributed by atoms with E-state index < -0.39 is 18.0 Å². The fraction of sp³-hybridized carbons (Fsp3) is 0.200. The molecule has 0 atom stereocenters. The number of carboxylic acids is 1. The van der Waals surface area contributed by atoms with Gasteiger partial charge in [-0.2, -0.15) is 0 Å². The first-order valence-corrected chi connectivity index (χ1v) is 8.25. The summed E-state index contributed by atoms with van der Waals surface area (Å²) in [6.45, 7) is 0.277. The van der Waals surface area contributed by atoms with E-state index in [1.807, 2.05) is 0 Å². The third-order valence-corrected chi connectivity index (χ3v) is 4.32. The molecule has 0 aliphatic rings. The zero-order chi connectivity index (χ0) is 19.6. The normalized spacial score (nSPS) is 11.1. The van der Waals surface area contributed by atoms with E-state index in [-0.39, 0.29) is 29.7 Å². The second-order valence-electron chi connectivity index (χ2n) is 6.11. The molecule has 140 valence electrons. The molecule has 1 aromatic heterocycles. The number of fused-ring (bicyclic) bond motifs is 1. The van der Waals surface area contributed by atoms with Crippen molar-refractivity contribution < 1.29 is 23.1 Å². The Hall–Kier alpha value is -3.22. The summed E-state index contributed by atoms with van der Waals surface area (Å²) < 4.78 is 32.0. The Balaban J connectivity index is 2.11. The maximum absolute atomic E-state index is 13.4. The highest BCUT2D eigenvalue weighted by Gasteiger charge is 2.17. The van der Waals surface area contributed by atoms with Gasteiger partial charge < -0.3 is 14.4 Å². The van der Waals surface area contributed by atoms with Crippen molar-refractivity contribution in [3.8, 4) is 11.1 Å². The molecule has 0 radical (unpaired) electrons. The van der Waals surface area contributed by atoms with Crippen LogP contribution in [0.1, 0.15) is 18.4 Å². The minimum Gasteiger partial charge on any atom is -0.481 e. The van der Waals surface area contributed by atoms with Crippen LogP contribution in [0.25, 0.3) is 22.1 Å². The van der Waals surface area contributed by atoms with Crippen LogP contribution in [0.4, 0.5) is 14.5 Å². The molecule has 0 fully saturated rings. The first-order chi connectivity index (χ1) is 12.9. The number of alkyl halides is 2. The van der Waals surface area contributed by atoms with Gasteiger partial charge in [-0.05, 0) is 17.7 Å². The summed E-state index contributed by atoms with van der Waals surface area (Å²) in [6, 6.07) is 12.3. The second kappa shape index (κ2) is 7.57. The summed E-state index contributed by atoms with van der Waals surface area (Å²) in [6.07, 6.45) is -2.72. The molecule has 0 spiro atoms. The van der Waals surface area contributed by atoms with E-state index in [1.165, 1.54) is 18.2 Å². The fourth-order valence-electron chi connectivity index (χ4n) is 2.94. The van der Waals surface area contributed by atoms with Crippen molar-refractivity contribution in [2.75, 3.05) is 18.5 Å². The maximum Gasteiger partial charge on any atom is 0.336 e. The highest BCUT2D eigenvalue weighted by Crippen LogP contribution is 2.35. The molecule has 5 nitrogen and oxygen atoms in total. The van der Waals surface area contributed by atoms with Crippen LogP contribution in [-0.2, 0) is 4.79 Å². The maximum atomic E-state index is 13.4. The van der Waals surface area contributed by atoms with Gasteiger partial charge in [-0.25, -0.2) is 13.6 Å². The largest absolute Gasteiger partial charge is 0.481 e. The summed E-state index contributed by atoms with van der Waals surface area (Å²) in [5, 5.41) is 9.33. The molecule has 2 aromatic carbocycles. The molecule has 0 aliphatic carbocycles. The van der Waals surface area contributed by atoms with E-state index in [1.54, 1.807) is 42.3 Å². The van der Waals surface area contributed by atoms with Crippen molar-refractivity contribution in [3.05, 3.63) is 64.5 Å². The topological polar surface area (TPSA) is 70.8 Å². The van der Waals surface area contributed by atoms with Gasteiger partial charge in [-0.3, -0.25) is 4.79 Å². The molecule has 0 aliphatic heterocycles. The summed E-state index contributed by atoms with van der Waals surface area (Å²) in [4.78, 5) is 24.5. The standard InChI is InChI=1S/C20H17F2NO4/c1-23(9-8-18(24)25)12-6-7-14-16(11-19(26)27-17(14)10-12)13-4-2-3-5-15(13)20(21)22/h2-7,10-11,20H,8-9H2,1H3,(H,24,25). The number of aliphatic carboxylic acids is 1. The number of hydrogen-bond donors (Lipinski definition) is 1. The Morgan fingerprint density at radius 1 is 1.15 bits per heavy atom. The molecule has 0 unspecified atom stereocenters. The lowest BCUT2D eigenvalue weighted by Gasteiger charge is -2.19. The average Bonchev–Trinajstić information content (AvgIpc) is 2.64. The second-order valence-corrected chi connectivity index (χ2v) is 6.11. The Morgan fingerprint density at radius 2 is 1.89 bits per heavy atom. The molecule has 7 heteroatoms. The van der Waals surface area contributed by atoms with E-state index in [0.717, 1.165) is 0 Å². The lowest BCUT2D eigenvalue weighted by Crippen LogP contribution is -2.20. The third kappa shape index (κ3) is 3.97. The lowest BCUT2D eigenvalue weighted by atomic mass is 9.97. The Kier molecular flexibility index (Phi) is 5.21. The number of rotatable bonds is 6. The van der Waals surface area contributed by atoms with E-state index in [2.05, 4.69) is 0 Å². The van der Waals surface area contributed by atoms with Crippen LogP contribution in [-0.4, -0.2) is 24.7 Å². The minimum absolute atomic E-state index is 0.0414. The Labute approximate surface area is 153 Å². The van der Waals surface area contributed by atoms with E-state index in [0.29, 0.717) is 16.6 Å². The van der Waals surface area contributed by atoms with Crippen LogP contribution in [0.15, 0.2) is 57.7 Å². The van der Waals surface area contributed by atoms with Gasteiger partial charge in [0.05, 0.1) is 6.42 Å². The first-order valence-electron chi connectivity index (χ1n) is 8.25. The van der Waals surface area contributed by atoms with Crippen LogP contribution < -0.4 is 10.5 Å². The Morgan fingerprint density at radius 3 is 2.59 bits per heavy atom. The average molecular weight is 373 g/mol. The summed E-state index contributed by atoms with van der Waals surface area (Å²) in [5.41, 5.74) is 0.751. The summed E-state index contributed by atoms with van der Waals surface area (Å²) in [5.74, 6) is -0.917. The molecule has 3 rings (SSSR count). The zero-order valence-corrected chi connectivity index (χ0v) is 14.5. The zero-order valence-electron chi connectivity index (χ0n) is 14.5. The molecular weight excluding hydrogens is 356 g/mol. The van der Waals surface area contributed by atoms with Crippen LogP contribution >= 0.6 is 0 Å². The number of anilines is 1. The quantitative estimate of drug-likeness (QED) is 0.652. The van der Waals surface area contributed by atoms with Gasteiger partial charge >= 0.3 is 11.6 Å². The van der Waals surface area contributed by atoms with E-state index >= 15 is 0 Å². The highest BCUT2D eigenvalue weighted by molar-refractivity contribution is 5.95. The van der Waals surface area contributed by atoms with Crippen molar-refractivity contribution in [2.45, 2.75) is 12.8 Å².